The predicted molar refractivity (Wildman–Crippen MR) is 88.2 cm³/mol. The first-order valence-electron chi connectivity index (χ1n) is 7.33. The van der Waals surface area contributed by atoms with Crippen LogP contribution in [0.1, 0.15) is 13.3 Å². The minimum absolute atomic E-state index is 0.226. The van der Waals surface area contributed by atoms with E-state index in [0.717, 1.165) is 17.4 Å². The maximum Gasteiger partial charge on any atom is 0.240 e. The fourth-order valence-corrected chi connectivity index (χ4v) is 3.28. The van der Waals surface area contributed by atoms with Crippen LogP contribution in [-0.2, 0) is 10.0 Å². The van der Waals surface area contributed by atoms with Crippen molar-refractivity contribution in [2.24, 2.45) is 0 Å². The Morgan fingerprint density at radius 2 is 1.78 bits per heavy atom. The van der Waals surface area contributed by atoms with Crippen molar-refractivity contribution in [3.05, 3.63) is 54.8 Å². The van der Waals surface area contributed by atoms with Crippen LogP contribution in [0.3, 0.4) is 0 Å². The third kappa shape index (κ3) is 3.55. The number of ether oxygens (including phenoxy) is 1. The van der Waals surface area contributed by atoms with Crippen LogP contribution >= 0.6 is 0 Å². The Balaban J connectivity index is 1.76. The summed E-state index contributed by atoms with van der Waals surface area (Å²) in [6, 6.07) is 13.7. The van der Waals surface area contributed by atoms with Gasteiger partial charge in [-0.2, -0.15) is 0 Å². The third-order valence-electron chi connectivity index (χ3n) is 3.34. The fourth-order valence-electron chi connectivity index (χ4n) is 2.15. The highest BCUT2D eigenvalue weighted by Gasteiger charge is 2.12. The summed E-state index contributed by atoms with van der Waals surface area (Å²) in [6.45, 7) is 2.33. The second kappa shape index (κ2) is 6.44. The van der Waals surface area contributed by atoms with Crippen molar-refractivity contribution in [3.63, 3.8) is 0 Å². The number of nitrogens with one attached hydrogen (secondary N) is 1. The number of hydrogen-bond acceptors (Lipinski definition) is 4. The van der Waals surface area contributed by atoms with Crippen LogP contribution in [-0.4, -0.2) is 15.0 Å². The van der Waals surface area contributed by atoms with Crippen molar-refractivity contribution in [1.29, 1.82) is 0 Å². The van der Waals surface area contributed by atoms with E-state index in [0.29, 0.717) is 18.0 Å². The molecule has 1 N–H and O–H groups in total. The van der Waals surface area contributed by atoms with Gasteiger partial charge in [0.25, 0.3) is 0 Å². The molecule has 0 aliphatic rings. The SMILES string of the molecule is CCCNS(=O)(=O)c1ccc(Oc2ccc3occc3c2)cc1. The van der Waals surface area contributed by atoms with Crippen LogP contribution in [0.15, 0.2) is 64.1 Å². The van der Waals surface area contributed by atoms with Gasteiger partial charge in [-0.1, -0.05) is 6.92 Å². The number of hydrogen-bond donors (Lipinski definition) is 1. The molecule has 0 saturated heterocycles. The number of rotatable bonds is 6. The molecule has 23 heavy (non-hydrogen) atoms. The second-order valence-corrected chi connectivity index (χ2v) is 6.86. The standard InChI is InChI=1S/C17H17NO4S/c1-2-10-18-23(19,20)16-6-3-14(4-7-16)22-15-5-8-17-13(12-15)9-11-21-17/h3-9,11-12,18H,2,10H2,1H3. The highest BCUT2D eigenvalue weighted by atomic mass is 32.2. The van der Waals surface area contributed by atoms with Crippen LogP contribution in [0.5, 0.6) is 11.5 Å². The van der Waals surface area contributed by atoms with Crippen LogP contribution in [0.4, 0.5) is 0 Å². The molecule has 1 aromatic heterocycles. The normalized spacial score (nSPS) is 11.7. The van der Waals surface area contributed by atoms with E-state index in [9.17, 15) is 8.42 Å². The molecule has 1 heterocycles. The van der Waals surface area contributed by atoms with Gasteiger partial charge in [0.05, 0.1) is 11.2 Å². The van der Waals surface area contributed by atoms with Gasteiger partial charge >= 0.3 is 0 Å². The van der Waals surface area contributed by atoms with E-state index in [1.165, 1.54) is 12.1 Å². The van der Waals surface area contributed by atoms with E-state index in [1.54, 1.807) is 24.5 Å². The zero-order valence-corrected chi connectivity index (χ0v) is 13.5. The van der Waals surface area contributed by atoms with Crippen LogP contribution in [0.25, 0.3) is 11.0 Å². The van der Waals surface area contributed by atoms with Crippen LogP contribution in [0, 0.1) is 0 Å². The molecule has 3 aromatic rings. The highest BCUT2D eigenvalue weighted by Crippen LogP contribution is 2.26. The molecule has 6 heteroatoms. The molecule has 0 bridgehead atoms. The summed E-state index contributed by atoms with van der Waals surface area (Å²) >= 11 is 0. The van der Waals surface area contributed by atoms with Gasteiger partial charge in [0.1, 0.15) is 17.1 Å². The van der Waals surface area contributed by atoms with Gasteiger partial charge in [-0.15, -0.1) is 0 Å². The lowest BCUT2D eigenvalue weighted by Crippen LogP contribution is -2.24. The molecule has 0 aliphatic heterocycles. The first-order chi connectivity index (χ1) is 11.1. The van der Waals surface area contributed by atoms with Crippen molar-refractivity contribution < 1.29 is 17.6 Å². The number of furan rings is 1. The quantitative estimate of drug-likeness (QED) is 0.743. The summed E-state index contributed by atoms with van der Waals surface area (Å²) in [4.78, 5) is 0.226. The minimum Gasteiger partial charge on any atom is -0.464 e. The maximum absolute atomic E-state index is 12.0. The lowest BCUT2D eigenvalue weighted by atomic mass is 10.2. The zero-order valence-electron chi connectivity index (χ0n) is 12.7. The molecule has 5 nitrogen and oxygen atoms in total. The summed E-state index contributed by atoms with van der Waals surface area (Å²) in [5.41, 5.74) is 0.792. The Labute approximate surface area is 134 Å². The Bertz CT molecular complexity index is 898. The molecule has 3 rings (SSSR count). The van der Waals surface area contributed by atoms with Gasteiger partial charge < -0.3 is 9.15 Å². The van der Waals surface area contributed by atoms with Gasteiger partial charge in [-0.25, -0.2) is 13.1 Å². The molecule has 0 spiro atoms. The van der Waals surface area contributed by atoms with Gasteiger partial charge in [-0.05, 0) is 55.0 Å². The first-order valence-corrected chi connectivity index (χ1v) is 8.81. The van der Waals surface area contributed by atoms with Gasteiger partial charge in [-0.3, -0.25) is 0 Å². The summed E-state index contributed by atoms with van der Waals surface area (Å²) in [5, 5.41) is 0.950. The lowest BCUT2D eigenvalue weighted by molar-refractivity contribution is 0.482. The maximum atomic E-state index is 12.0. The molecule has 0 aliphatic carbocycles. The third-order valence-corrected chi connectivity index (χ3v) is 4.81. The number of fused-ring (bicyclic) bond motifs is 1. The summed E-state index contributed by atoms with van der Waals surface area (Å²) < 4.78 is 37.6. The zero-order chi connectivity index (χ0) is 16.3. The van der Waals surface area contributed by atoms with Gasteiger partial charge in [0, 0.05) is 11.9 Å². The Hall–Kier alpha value is -2.31. The van der Waals surface area contributed by atoms with Crippen molar-refractivity contribution in [2.75, 3.05) is 6.54 Å². The topological polar surface area (TPSA) is 68.5 Å². The summed E-state index contributed by atoms with van der Waals surface area (Å²) in [5.74, 6) is 1.24. The largest absolute Gasteiger partial charge is 0.464 e. The monoisotopic (exact) mass is 331 g/mol. The Morgan fingerprint density at radius 1 is 1.04 bits per heavy atom. The van der Waals surface area contributed by atoms with Gasteiger partial charge in [0.2, 0.25) is 10.0 Å². The average Bonchev–Trinajstić information content (AvgIpc) is 3.01. The van der Waals surface area contributed by atoms with Crippen molar-refractivity contribution >= 4 is 21.0 Å². The van der Waals surface area contributed by atoms with Gasteiger partial charge in [0.15, 0.2) is 0 Å². The van der Waals surface area contributed by atoms with Crippen LogP contribution in [0.2, 0.25) is 0 Å². The Kier molecular flexibility index (Phi) is 4.36. The van der Waals surface area contributed by atoms with Crippen LogP contribution < -0.4 is 9.46 Å². The molecular weight excluding hydrogens is 314 g/mol. The summed E-state index contributed by atoms with van der Waals surface area (Å²) in [7, 11) is -3.45. The first kappa shape index (κ1) is 15.6. The van der Waals surface area contributed by atoms with Crippen molar-refractivity contribution in [3.8, 4) is 11.5 Å². The molecule has 120 valence electrons. The van der Waals surface area contributed by atoms with E-state index in [1.807, 2.05) is 25.1 Å². The average molecular weight is 331 g/mol. The Morgan fingerprint density at radius 3 is 2.52 bits per heavy atom. The minimum atomic E-state index is -3.45. The van der Waals surface area contributed by atoms with E-state index in [2.05, 4.69) is 4.72 Å². The number of sulfonamides is 1. The van der Waals surface area contributed by atoms with E-state index in [4.69, 9.17) is 9.15 Å². The molecule has 0 saturated carbocycles. The molecule has 0 atom stereocenters. The molecule has 0 radical (unpaired) electrons. The summed E-state index contributed by atoms with van der Waals surface area (Å²) in [6.07, 6.45) is 2.37. The van der Waals surface area contributed by atoms with E-state index in [-0.39, 0.29) is 4.90 Å². The molecule has 0 fully saturated rings. The molecule has 0 unspecified atom stereocenters. The molecular formula is C17H17NO4S. The number of benzene rings is 2. The predicted octanol–water partition coefficient (Wildman–Crippen LogP) is 3.91. The smallest absolute Gasteiger partial charge is 0.240 e. The molecule has 0 amide bonds. The highest BCUT2D eigenvalue weighted by molar-refractivity contribution is 7.89. The van der Waals surface area contributed by atoms with Crippen molar-refractivity contribution in [2.45, 2.75) is 18.2 Å². The lowest BCUT2D eigenvalue weighted by Gasteiger charge is -2.08. The molecule has 2 aromatic carbocycles. The van der Waals surface area contributed by atoms with E-state index >= 15 is 0 Å². The fraction of sp³-hybridized carbons (Fsp3) is 0.176. The van der Waals surface area contributed by atoms with E-state index < -0.39 is 10.0 Å². The second-order valence-electron chi connectivity index (χ2n) is 5.09. The van der Waals surface area contributed by atoms with Crippen molar-refractivity contribution in [1.82, 2.24) is 4.72 Å².